The topological polar surface area (TPSA) is 77.5 Å². The Kier molecular flexibility index (Phi) is 4.98. The number of carbonyl (C=O) groups is 1. The highest BCUT2D eigenvalue weighted by molar-refractivity contribution is 5.93. The molecule has 1 aromatic carbocycles. The van der Waals surface area contributed by atoms with Gasteiger partial charge in [0, 0.05) is 17.6 Å². The van der Waals surface area contributed by atoms with Gasteiger partial charge in [0.05, 0.1) is 6.26 Å². The lowest BCUT2D eigenvalue weighted by Crippen LogP contribution is -2.40. The predicted octanol–water partition coefficient (Wildman–Crippen LogP) is 2.86. The fraction of sp³-hybridized carbons (Fsp3) is 0.389. The summed E-state index contributed by atoms with van der Waals surface area (Å²) in [6, 6.07) is 11.7. The Morgan fingerprint density at radius 2 is 1.91 bits per heavy atom. The minimum Gasteiger partial charge on any atom is -0.489 e. The first-order chi connectivity index (χ1) is 11.2. The maximum atomic E-state index is 12.4. The molecular weight excluding hydrogens is 292 g/mol. The summed E-state index contributed by atoms with van der Waals surface area (Å²) in [6.45, 7) is 0.304. The quantitative estimate of drug-likeness (QED) is 0.889. The minimum atomic E-state index is -0.179. The second-order valence-electron chi connectivity index (χ2n) is 5.96. The molecule has 0 aliphatic heterocycles. The molecule has 3 N–H and O–H groups in total. The highest BCUT2D eigenvalue weighted by Crippen LogP contribution is 2.19. The van der Waals surface area contributed by atoms with Crippen molar-refractivity contribution in [1.29, 1.82) is 0 Å². The lowest BCUT2D eigenvalue weighted by atomic mass is 9.92. The number of benzene rings is 1. The van der Waals surface area contributed by atoms with Crippen LogP contribution in [0.5, 0.6) is 5.75 Å². The van der Waals surface area contributed by atoms with E-state index in [1.807, 2.05) is 30.3 Å². The van der Waals surface area contributed by atoms with Gasteiger partial charge < -0.3 is 20.2 Å². The van der Waals surface area contributed by atoms with E-state index in [0.29, 0.717) is 12.4 Å². The number of hydrogen-bond donors (Lipinski definition) is 2. The molecule has 5 nitrogen and oxygen atoms in total. The van der Waals surface area contributed by atoms with E-state index in [4.69, 9.17) is 14.9 Å². The molecule has 1 aromatic heterocycles. The van der Waals surface area contributed by atoms with Crippen molar-refractivity contribution < 1.29 is 13.9 Å². The normalized spacial score (nSPS) is 20.9. The number of nitrogens with one attached hydrogen (secondary N) is 1. The molecule has 0 radical (unpaired) electrons. The van der Waals surface area contributed by atoms with Crippen molar-refractivity contribution in [2.75, 3.05) is 0 Å². The molecule has 3 rings (SSSR count). The van der Waals surface area contributed by atoms with Crippen LogP contribution in [0, 0.1) is 0 Å². The Bertz CT molecular complexity index is 631. The van der Waals surface area contributed by atoms with Gasteiger partial charge in [0.15, 0.2) is 5.76 Å². The summed E-state index contributed by atoms with van der Waals surface area (Å²) in [4.78, 5) is 12.4. The third-order valence-electron chi connectivity index (χ3n) is 4.20. The molecular formula is C18H22N2O3. The Morgan fingerprint density at radius 1 is 1.17 bits per heavy atom. The zero-order chi connectivity index (χ0) is 16.1. The van der Waals surface area contributed by atoms with Gasteiger partial charge in [0.2, 0.25) is 0 Å². The number of para-hydroxylation sites is 1. The smallest absolute Gasteiger partial charge is 0.287 e. The molecule has 23 heavy (non-hydrogen) atoms. The molecule has 1 aliphatic rings. The molecule has 0 spiro atoms. The Morgan fingerprint density at radius 3 is 2.65 bits per heavy atom. The lowest BCUT2D eigenvalue weighted by molar-refractivity contribution is 0.0894. The van der Waals surface area contributed by atoms with Crippen molar-refractivity contribution in [3.05, 3.63) is 54.0 Å². The lowest BCUT2D eigenvalue weighted by Gasteiger charge is -2.26. The maximum Gasteiger partial charge on any atom is 0.287 e. The Hall–Kier alpha value is -2.27. The number of furan rings is 1. The van der Waals surface area contributed by atoms with E-state index in [0.717, 1.165) is 37.0 Å². The first-order valence-electron chi connectivity index (χ1n) is 8.03. The third kappa shape index (κ3) is 4.13. The van der Waals surface area contributed by atoms with Crippen molar-refractivity contribution in [2.45, 2.75) is 44.4 Å². The molecule has 0 saturated heterocycles. The molecule has 5 heteroatoms. The van der Waals surface area contributed by atoms with Gasteiger partial charge in [-0.05, 0) is 43.9 Å². The monoisotopic (exact) mass is 314 g/mol. The van der Waals surface area contributed by atoms with E-state index >= 15 is 0 Å². The van der Waals surface area contributed by atoms with E-state index in [1.165, 1.54) is 6.26 Å². The SMILES string of the molecule is NC1CCC(NC(=O)c2occc2COc2ccccc2)CC1. The zero-order valence-electron chi connectivity index (χ0n) is 13.0. The van der Waals surface area contributed by atoms with Crippen molar-refractivity contribution >= 4 is 5.91 Å². The minimum absolute atomic E-state index is 0.176. The molecule has 1 aliphatic carbocycles. The fourth-order valence-corrected chi connectivity index (χ4v) is 2.84. The highest BCUT2D eigenvalue weighted by Gasteiger charge is 2.23. The molecule has 122 valence electrons. The largest absolute Gasteiger partial charge is 0.489 e. The van der Waals surface area contributed by atoms with E-state index in [9.17, 15) is 4.79 Å². The number of rotatable bonds is 5. The van der Waals surface area contributed by atoms with Gasteiger partial charge in [-0.1, -0.05) is 18.2 Å². The number of nitrogens with two attached hydrogens (primary N) is 1. The van der Waals surface area contributed by atoms with E-state index in [-0.39, 0.29) is 18.0 Å². The summed E-state index contributed by atoms with van der Waals surface area (Å²) < 4.78 is 11.0. The van der Waals surface area contributed by atoms with Crippen LogP contribution in [0.1, 0.15) is 41.8 Å². The first-order valence-corrected chi connectivity index (χ1v) is 8.03. The van der Waals surface area contributed by atoms with E-state index in [2.05, 4.69) is 5.32 Å². The van der Waals surface area contributed by atoms with Gasteiger partial charge in [-0.15, -0.1) is 0 Å². The standard InChI is InChI=1S/C18H22N2O3/c19-14-6-8-15(9-7-14)20-18(21)17-13(10-11-22-17)12-23-16-4-2-1-3-5-16/h1-5,10-11,14-15H,6-9,12,19H2,(H,20,21). The van der Waals surface area contributed by atoms with Gasteiger partial charge >= 0.3 is 0 Å². The molecule has 0 unspecified atom stereocenters. The summed E-state index contributed by atoms with van der Waals surface area (Å²) in [5, 5.41) is 3.04. The maximum absolute atomic E-state index is 12.4. The van der Waals surface area contributed by atoms with Gasteiger partial charge in [-0.2, -0.15) is 0 Å². The average molecular weight is 314 g/mol. The number of amides is 1. The van der Waals surface area contributed by atoms with Crippen LogP contribution in [-0.4, -0.2) is 18.0 Å². The average Bonchev–Trinajstić information content (AvgIpc) is 3.05. The van der Waals surface area contributed by atoms with Crippen LogP contribution in [0.15, 0.2) is 47.1 Å². The zero-order valence-corrected chi connectivity index (χ0v) is 13.0. The summed E-state index contributed by atoms with van der Waals surface area (Å²) >= 11 is 0. The second-order valence-corrected chi connectivity index (χ2v) is 5.96. The molecule has 2 aromatic rings. The fourth-order valence-electron chi connectivity index (χ4n) is 2.84. The van der Waals surface area contributed by atoms with E-state index in [1.54, 1.807) is 6.07 Å². The van der Waals surface area contributed by atoms with Gasteiger partial charge in [0.1, 0.15) is 12.4 Å². The summed E-state index contributed by atoms with van der Waals surface area (Å²) in [7, 11) is 0. The van der Waals surface area contributed by atoms with Crippen LogP contribution in [0.3, 0.4) is 0 Å². The van der Waals surface area contributed by atoms with Gasteiger partial charge in [-0.25, -0.2) is 0 Å². The molecule has 1 heterocycles. The van der Waals surface area contributed by atoms with Crippen LogP contribution in [0.4, 0.5) is 0 Å². The van der Waals surface area contributed by atoms with Crippen molar-refractivity contribution in [1.82, 2.24) is 5.32 Å². The Balaban J connectivity index is 1.58. The summed E-state index contributed by atoms with van der Waals surface area (Å²) in [5.41, 5.74) is 6.64. The highest BCUT2D eigenvalue weighted by atomic mass is 16.5. The molecule has 1 fully saturated rings. The molecule has 1 amide bonds. The third-order valence-corrected chi connectivity index (χ3v) is 4.20. The number of ether oxygens (including phenoxy) is 1. The van der Waals surface area contributed by atoms with Crippen LogP contribution >= 0.6 is 0 Å². The molecule has 0 bridgehead atoms. The van der Waals surface area contributed by atoms with Gasteiger partial charge in [-0.3, -0.25) is 4.79 Å². The number of hydrogen-bond acceptors (Lipinski definition) is 4. The van der Waals surface area contributed by atoms with Crippen LogP contribution in [0.25, 0.3) is 0 Å². The van der Waals surface area contributed by atoms with E-state index < -0.39 is 0 Å². The predicted molar refractivity (Wildman–Crippen MR) is 87.2 cm³/mol. The molecule has 1 saturated carbocycles. The van der Waals surface area contributed by atoms with Crippen molar-refractivity contribution in [2.24, 2.45) is 5.73 Å². The first kappa shape index (κ1) is 15.6. The van der Waals surface area contributed by atoms with Crippen LogP contribution < -0.4 is 15.8 Å². The van der Waals surface area contributed by atoms with Crippen molar-refractivity contribution in [3.8, 4) is 5.75 Å². The van der Waals surface area contributed by atoms with Gasteiger partial charge in [0.25, 0.3) is 5.91 Å². The summed E-state index contributed by atoms with van der Waals surface area (Å²) in [5.74, 6) is 0.916. The number of carbonyl (C=O) groups excluding carboxylic acids is 1. The summed E-state index contributed by atoms with van der Waals surface area (Å²) in [6.07, 6.45) is 5.27. The van der Waals surface area contributed by atoms with Crippen LogP contribution in [-0.2, 0) is 6.61 Å². The van der Waals surface area contributed by atoms with Crippen LogP contribution in [0.2, 0.25) is 0 Å². The van der Waals surface area contributed by atoms with Crippen molar-refractivity contribution in [3.63, 3.8) is 0 Å². The second kappa shape index (κ2) is 7.33. The Labute approximate surface area is 135 Å². The molecule has 0 atom stereocenters.